The lowest BCUT2D eigenvalue weighted by Gasteiger charge is -2.05. The maximum Gasteiger partial charge on any atom is 0.338 e. The van der Waals surface area contributed by atoms with Crippen LogP contribution in [0.1, 0.15) is 10.4 Å². The number of rotatable bonds is 2. The summed E-state index contributed by atoms with van der Waals surface area (Å²) in [5.41, 5.74) is 2.21. The summed E-state index contributed by atoms with van der Waals surface area (Å²) in [6.45, 7) is 0. The van der Waals surface area contributed by atoms with Crippen LogP contribution in [0.5, 0.6) is 0 Å². The van der Waals surface area contributed by atoms with Crippen molar-refractivity contribution in [3.8, 4) is 5.69 Å². The SMILES string of the molecule is COC(=O)c1cccc2c1c(Br)nn2-c1ccc(S)cc1. The molecule has 4 nitrogen and oxygen atoms in total. The first-order chi connectivity index (χ1) is 10.1. The van der Waals surface area contributed by atoms with Crippen molar-refractivity contribution in [3.63, 3.8) is 0 Å². The van der Waals surface area contributed by atoms with Crippen LogP contribution in [0, 0.1) is 0 Å². The zero-order chi connectivity index (χ0) is 15.0. The lowest BCUT2D eigenvalue weighted by molar-refractivity contribution is 0.0603. The zero-order valence-electron chi connectivity index (χ0n) is 11.1. The molecule has 1 aromatic heterocycles. The Kier molecular flexibility index (Phi) is 3.73. The van der Waals surface area contributed by atoms with Crippen LogP contribution in [-0.2, 0) is 4.74 Å². The maximum absolute atomic E-state index is 11.9. The van der Waals surface area contributed by atoms with E-state index in [4.69, 9.17) is 4.74 Å². The van der Waals surface area contributed by atoms with E-state index < -0.39 is 0 Å². The summed E-state index contributed by atoms with van der Waals surface area (Å²) in [5.74, 6) is -0.383. The van der Waals surface area contributed by atoms with Gasteiger partial charge in [0.2, 0.25) is 0 Å². The van der Waals surface area contributed by atoms with Crippen molar-refractivity contribution < 1.29 is 9.53 Å². The molecule has 0 unspecified atom stereocenters. The number of nitrogens with zero attached hydrogens (tertiary/aromatic N) is 2. The smallest absolute Gasteiger partial charge is 0.338 e. The van der Waals surface area contributed by atoms with Gasteiger partial charge in [0.05, 0.1) is 23.9 Å². The van der Waals surface area contributed by atoms with E-state index in [1.165, 1.54) is 7.11 Å². The molecule has 106 valence electrons. The molecule has 1 heterocycles. The number of methoxy groups -OCH3 is 1. The highest BCUT2D eigenvalue weighted by atomic mass is 79.9. The van der Waals surface area contributed by atoms with Crippen molar-refractivity contribution in [2.75, 3.05) is 7.11 Å². The van der Waals surface area contributed by atoms with Gasteiger partial charge in [-0.1, -0.05) is 6.07 Å². The minimum absolute atomic E-state index is 0.383. The Morgan fingerprint density at radius 1 is 1.24 bits per heavy atom. The van der Waals surface area contributed by atoms with Crippen LogP contribution in [0.4, 0.5) is 0 Å². The third-order valence-corrected chi connectivity index (χ3v) is 4.02. The molecule has 0 bridgehead atoms. The molecule has 0 saturated heterocycles. The Morgan fingerprint density at radius 2 is 1.95 bits per heavy atom. The highest BCUT2D eigenvalue weighted by Gasteiger charge is 2.18. The van der Waals surface area contributed by atoms with Crippen molar-refractivity contribution in [3.05, 3.63) is 52.6 Å². The average molecular weight is 363 g/mol. The van der Waals surface area contributed by atoms with Crippen molar-refractivity contribution in [2.45, 2.75) is 4.90 Å². The molecule has 0 aliphatic rings. The molecule has 0 atom stereocenters. The summed E-state index contributed by atoms with van der Waals surface area (Å²) < 4.78 is 7.21. The minimum Gasteiger partial charge on any atom is -0.465 e. The molecule has 2 aromatic carbocycles. The molecule has 0 radical (unpaired) electrons. The number of thiol groups is 1. The molecule has 0 fully saturated rings. The number of carbonyl (C=O) groups is 1. The molecule has 0 aliphatic carbocycles. The summed E-state index contributed by atoms with van der Waals surface area (Å²) in [6, 6.07) is 13.1. The molecule has 0 spiro atoms. The Bertz CT molecular complexity index is 828. The van der Waals surface area contributed by atoms with Crippen LogP contribution < -0.4 is 0 Å². The van der Waals surface area contributed by atoms with Gasteiger partial charge in [0.1, 0.15) is 4.60 Å². The van der Waals surface area contributed by atoms with Gasteiger partial charge in [0.25, 0.3) is 0 Å². The van der Waals surface area contributed by atoms with Gasteiger partial charge in [-0.25, -0.2) is 9.48 Å². The number of hydrogen-bond donors (Lipinski definition) is 1. The Hall–Kier alpha value is -1.79. The molecule has 0 saturated carbocycles. The van der Waals surface area contributed by atoms with Gasteiger partial charge in [0.15, 0.2) is 0 Å². The number of hydrogen-bond acceptors (Lipinski definition) is 4. The van der Waals surface area contributed by atoms with E-state index in [1.54, 1.807) is 10.7 Å². The molecular weight excluding hydrogens is 352 g/mol. The third kappa shape index (κ3) is 2.45. The van der Waals surface area contributed by atoms with Gasteiger partial charge in [-0.2, -0.15) is 5.10 Å². The van der Waals surface area contributed by atoms with Crippen molar-refractivity contribution in [1.82, 2.24) is 9.78 Å². The van der Waals surface area contributed by atoms with Gasteiger partial charge < -0.3 is 4.74 Å². The number of halogens is 1. The summed E-state index contributed by atoms with van der Waals surface area (Å²) in [4.78, 5) is 12.8. The topological polar surface area (TPSA) is 44.1 Å². The van der Waals surface area contributed by atoms with Crippen molar-refractivity contribution >= 4 is 45.4 Å². The van der Waals surface area contributed by atoms with Crippen LogP contribution in [-0.4, -0.2) is 22.9 Å². The van der Waals surface area contributed by atoms with Crippen LogP contribution in [0.15, 0.2) is 52.0 Å². The maximum atomic E-state index is 11.9. The van der Waals surface area contributed by atoms with Crippen molar-refractivity contribution in [2.24, 2.45) is 0 Å². The Labute approximate surface area is 135 Å². The minimum atomic E-state index is -0.383. The molecule has 0 N–H and O–H groups in total. The third-order valence-electron chi connectivity index (χ3n) is 3.16. The van der Waals surface area contributed by atoms with E-state index in [2.05, 4.69) is 33.7 Å². The van der Waals surface area contributed by atoms with Crippen LogP contribution in [0.3, 0.4) is 0 Å². The average Bonchev–Trinajstić information content (AvgIpc) is 2.85. The fourth-order valence-corrected chi connectivity index (χ4v) is 2.92. The molecule has 6 heteroatoms. The van der Waals surface area contributed by atoms with Gasteiger partial charge in [-0.3, -0.25) is 0 Å². The first kappa shape index (κ1) is 14.2. The molecule has 0 aliphatic heterocycles. The Morgan fingerprint density at radius 3 is 2.62 bits per heavy atom. The number of aromatic nitrogens is 2. The quantitative estimate of drug-likeness (QED) is 0.555. The first-order valence-electron chi connectivity index (χ1n) is 6.17. The number of benzene rings is 2. The fourth-order valence-electron chi connectivity index (χ4n) is 2.20. The van der Waals surface area contributed by atoms with E-state index in [1.807, 2.05) is 36.4 Å². The van der Waals surface area contributed by atoms with E-state index in [0.717, 1.165) is 21.5 Å². The molecule has 3 aromatic rings. The first-order valence-corrected chi connectivity index (χ1v) is 7.41. The Balaban J connectivity index is 2.27. The van der Waals surface area contributed by atoms with Gasteiger partial charge in [0, 0.05) is 10.3 Å². The number of ether oxygens (including phenoxy) is 1. The molecule has 21 heavy (non-hydrogen) atoms. The van der Waals surface area contributed by atoms with Crippen LogP contribution >= 0.6 is 28.6 Å². The molecule has 0 amide bonds. The molecule has 3 rings (SSSR count). The predicted molar refractivity (Wildman–Crippen MR) is 87.4 cm³/mol. The standard InChI is InChI=1S/C15H11BrN2O2S/c1-20-15(19)11-3-2-4-12-13(11)14(16)17-18(12)9-5-7-10(21)8-6-9/h2-8,21H,1H3. The van der Waals surface area contributed by atoms with E-state index in [-0.39, 0.29) is 5.97 Å². The van der Waals surface area contributed by atoms with E-state index in [9.17, 15) is 4.79 Å². The lowest BCUT2D eigenvalue weighted by atomic mass is 10.1. The fraction of sp³-hybridized carbons (Fsp3) is 0.0667. The van der Waals surface area contributed by atoms with Gasteiger partial charge in [-0.15, -0.1) is 12.6 Å². The summed E-state index contributed by atoms with van der Waals surface area (Å²) in [6.07, 6.45) is 0. The van der Waals surface area contributed by atoms with Gasteiger partial charge >= 0.3 is 5.97 Å². The van der Waals surface area contributed by atoms with E-state index >= 15 is 0 Å². The second kappa shape index (κ2) is 5.54. The predicted octanol–water partition coefficient (Wildman–Crippen LogP) is 3.86. The highest BCUT2D eigenvalue weighted by molar-refractivity contribution is 9.10. The highest BCUT2D eigenvalue weighted by Crippen LogP contribution is 2.29. The number of esters is 1. The second-order valence-corrected chi connectivity index (χ2v) is 5.68. The summed E-state index contributed by atoms with van der Waals surface area (Å²) in [5, 5.41) is 5.20. The zero-order valence-corrected chi connectivity index (χ0v) is 13.6. The number of fused-ring (bicyclic) bond motifs is 1. The monoisotopic (exact) mass is 362 g/mol. The second-order valence-electron chi connectivity index (χ2n) is 4.41. The summed E-state index contributed by atoms with van der Waals surface area (Å²) >= 11 is 7.70. The van der Waals surface area contributed by atoms with Crippen LogP contribution in [0.25, 0.3) is 16.6 Å². The normalized spacial score (nSPS) is 10.8. The van der Waals surface area contributed by atoms with Crippen LogP contribution in [0.2, 0.25) is 0 Å². The largest absolute Gasteiger partial charge is 0.465 e. The van der Waals surface area contributed by atoms with E-state index in [0.29, 0.717) is 10.2 Å². The summed E-state index contributed by atoms with van der Waals surface area (Å²) in [7, 11) is 1.37. The number of carbonyl (C=O) groups excluding carboxylic acids is 1. The van der Waals surface area contributed by atoms with Crippen molar-refractivity contribution in [1.29, 1.82) is 0 Å². The molecular formula is C15H11BrN2O2S. The lowest BCUT2D eigenvalue weighted by Crippen LogP contribution is -2.02. The van der Waals surface area contributed by atoms with Gasteiger partial charge in [-0.05, 0) is 52.3 Å².